The Bertz CT molecular complexity index is 1020. The van der Waals surface area contributed by atoms with Crippen LogP contribution in [0, 0.1) is 0 Å². The smallest absolute Gasteiger partial charge is 0.279 e. The van der Waals surface area contributed by atoms with E-state index in [0.29, 0.717) is 53.5 Å². The van der Waals surface area contributed by atoms with Crippen molar-refractivity contribution < 1.29 is 22.8 Å². The van der Waals surface area contributed by atoms with Crippen LogP contribution in [0.15, 0.2) is 47.4 Å². The molecule has 0 spiro atoms. The number of rotatable bonds is 7. The largest absolute Gasteiger partial charge is 0.495 e. The normalized spacial score (nSPS) is 15.8. The van der Waals surface area contributed by atoms with Gasteiger partial charge in [0.1, 0.15) is 5.75 Å². The van der Waals surface area contributed by atoms with Crippen molar-refractivity contribution in [2.24, 2.45) is 0 Å². The van der Waals surface area contributed by atoms with Crippen molar-refractivity contribution in [3.05, 3.63) is 53.1 Å². The Morgan fingerprint density at radius 3 is 2.35 bits per heavy atom. The second-order valence-corrected chi connectivity index (χ2v) is 10.3. The topological polar surface area (TPSA) is 80.2 Å². The van der Waals surface area contributed by atoms with Gasteiger partial charge in [-0.3, -0.25) is 4.79 Å². The highest BCUT2D eigenvalue weighted by Crippen LogP contribution is 2.27. The zero-order valence-electron chi connectivity index (χ0n) is 18.0. The number of methoxy groups -OCH3 is 1. The second kappa shape index (κ2) is 9.99. The minimum absolute atomic E-state index is 0.142. The first-order valence-electron chi connectivity index (χ1n) is 10.3. The first-order valence-corrected chi connectivity index (χ1v) is 12.1. The molecule has 0 saturated carbocycles. The molecule has 0 atom stereocenters. The molecule has 1 aliphatic rings. The Labute approximate surface area is 189 Å². The van der Waals surface area contributed by atoms with Crippen molar-refractivity contribution in [3.8, 4) is 5.75 Å². The Balaban J connectivity index is 1.54. The van der Waals surface area contributed by atoms with Crippen LogP contribution in [0.5, 0.6) is 5.75 Å². The minimum atomic E-state index is -3.52. The number of benzene rings is 2. The summed E-state index contributed by atoms with van der Waals surface area (Å²) < 4.78 is 32.5. The van der Waals surface area contributed by atoms with Gasteiger partial charge >= 0.3 is 0 Å². The van der Waals surface area contributed by atoms with E-state index in [0.717, 1.165) is 10.5 Å². The van der Waals surface area contributed by atoms with Crippen LogP contribution in [-0.2, 0) is 14.8 Å². The number of quaternary nitrogens is 1. The van der Waals surface area contributed by atoms with Gasteiger partial charge in [-0.15, -0.1) is 0 Å². The summed E-state index contributed by atoms with van der Waals surface area (Å²) >= 11 is 6.09. The summed E-state index contributed by atoms with van der Waals surface area (Å²) in [5, 5.41) is 3.26. The van der Waals surface area contributed by atoms with Crippen LogP contribution >= 0.6 is 11.6 Å². The van der Waals surface area contributed by atoms with Gasteiger partial charge in [-0.1, -0.05) is 37.6 Å². The van der Waals surface area contributed by atoms with E-state index in [2.05, 4.69) is 19.2 Å². The number of piperazine rings is 1. The lowest BCUT2D eigenvalue weighted by molar-refractivity contribution is -0.895. The van der Waals surface area contributed by atoms with Crippen molar-refractivity contribution in [1.29, 1.82) is 0 Å². The third-order valence-corrected chi connectivity index (χ3v) is 7.67. The van der Waals surface area contributed by atoms with Gasteiger partial charge in [0.05, 0.1) is 43.2 Å². The molecule has 1 aliphatic heterocycles. The van der Waals surface area contributed by atoms with E-state index in [1.807, 2.05) is 12.1 Å². The number of hydrogen-bond donors (Lipinski definition) is 2. The highest BCUT2D eigenvalue weighted by molar-refractivity contribution is 7.89. The summed E-state index contributed by atoms with van der Waals surface area (Å²) in [6.07, 6.45) is 0. The van der Waals surface area contributed by atoms with Gasteiger partial charge in [0.25, 0.3) is 5.91 Å². The van der Waals surface area contributed by atoms with E-state index in [1.165, 1.54) is 11.4 Å². The van der Waals surface area contributed by atoms with Crippen molar-refractivity contribution >= 4 is 33.2 Å². The van der Waals surface area contributed by atoms with Gasteiger partial charge in [-0.25, -0.2) is 8.42 Å². The number of carbonyl (C=O) groups is 1. The fourth-order valence-corrected chi connectivity index (χ4v) is 5.27. The highest BCUT2D eigenvalue weighted by atomic mass is 35.5. The predicted octanol–water partition coefficient (Wildman–Crippen LogP) is 2.00. The van der Waals surface area contributed by atoms with Gasteiger partial charge < -0.3 is 15.0 Å². The number of amides is 1. The number of carbonyl (C=O) groups excluding carboxylic acids is 1. The molecule has 2 aromatic carbocycles. The van der Waals surface area contributed by atoms with Crippen LogP contribution in [0.3, 0.4) is 0 Å². The van der Waals surface area contributed by atoms with Crippen LogP contribution in [-0.4, -0.2) is 58.5 Å². The molecule has 0 aromatic heterocycles. The second-order valence-electron chi connectivity index (χ2n) is 7.95. The Morgan fingerprint density at radius 2 is 1.81 bits per heavy atom. The van der Waals surface area contributed by atoms with Crippen LogP contribution in [0.2, 0.25) is 5.02 Å². The monoisotopic (exact) mass is 466 g/mol. The maximum atomic E-state index is 12.9. The fourth-order valence-electron chi connectivity index (χ4n) is 3.57. The van der Waals surface area contributed by atoms with Crippen LogP contribution < -0.4 is 15.0 Å². The molecule has 0 bridgehead atoms. The maximum Gasteiger partial charge on any atom is 0.279 e. The summed E-state index contributed by atoms with van der Waals surface area (Å²) in [4.78, 5) is 13.7. The van der Waals surface area contributed by atoms with Crippen LogP contribution in [0.1, 0.15) is 25.3 Å². The molecule has 3 rings (SSSR count). The molecule has 1 saturated heterocycles. The van der Waals surface area contributed by atoms with Gasteiger partial charge in [0, 0.05) is 5.69 Å². The summed E-state index contributed by atoms with van der Waals surface area (Å²) in [7, 11) is -1.99. The molecule has 0 aliphatic carbocycles. The lowest BCUT2D eigenvalue weighted by atomic mass is 10.0. The first kappa shape index (κ1) is 23.5. The average Bonchev–Trinajstić information content (AvgIpc) is 2.74. The molecule has 1 amide bonds. The minimum Gasteiger partial charge on any atom is -0.495 e. The lowest BCUT2D eigenvalue weighted by Gasteiger charge is -2.31. The number of halogens is 1. The number of ether oxygens (including phenoxy) is 1. The van der Waals surface area contributed by atoms with E-state index in [1.54, 1.807) is 30.3 Å². The lowest BCUT2D eigenvalue weighted by Crippen LogP contribution is -3.15. The molecule has 168 valence electrons. The molecule has 2 N–H and O–H groups in total. The average molecular weight is 467 g/mol. The van der Waals surface area contributed by atoms with Crippen molar-refractivity contribution in [1.82, 2.24) is 4.31 Å². The number of nitrogens with one attached hydrogen (secondary N) is 2. The Kier molecular flexibility index (Phi) is 7.59. The van der Waals surface area contributed by atoms with E-state index >= 15 is 0 Å². The molecule has 1 heterocycles. The van der Waals surface area contributed by atoms with Gasteiger partial charge in [0.2, 0.25) is 10.0 Å². The zero-order valence-corrected chi connectivity index (χ0v) is 19.6. The molecular formula is C22H29ClN3O4S+. The van der Waals surface area contributed by atoms with E-state index in [4.69, 9.17) is 16.3 Å². The number of anilines is 1. The maximum absolute atomic E-state index is 12.9. The number of sulfonamides is 1. The first-order chi connectivity index (χ1) is 14.7. The van der Waals surface area contributed by atoms with E-state index < -0.39 is 10.0 Å². The van der Waals surface area contributed by atoms with Gasteiger partial charge in [-0.2, -0.15) is 4.31 Å². The standard InChI is InChI=1S/C22H28ClN3O4S/c1-16(2)17-4-7-19(8-5-17)31(28,29)26-12-10-25(11-13-26)15-22(27)24-18-6-9-21(30-3)20(23)14-18/h4-9,14,16H,10-13,15H2,1-3H3,(H,24,27)/p+1. The molecule has 2 aromatic rings. The summed E-state index contributed by atoms with van der Waals surface area (Å²) in [5.74, 6) is 0.752. The quantitative estimate of drug-likeness (QED) is 0.654. The van der Waals surface area contributed by atoms with Crippen LogP contribution in [0.4, 0.5) is 5.69 Å². The summed E-state index contributed by atoms with van der Waals surface area (Å²) in [5.41, 5.74) is 1.71. The third kappa shape index (κ3) is 5.77. The SMILES string of the molecule is COc1ccc(NC(=O)C[NH+]2CCN(S(=O)(=O)c3ccc(C(C)C)cc3)CC2)cc1Cl. The van der Waals surface area contributed by atoms with Gasteiger partial charge in [0.15, 0.2) is 6.54 Å². The molecule has 1 fully saturated rings. The summed E-state index contributed by atoms with van der Waals surface area (Å²) in [6, 6.07) is 12.2. The molecule has 0 radical (unpaired) electrons. The van der Waals surface area contributed by atoms with Crippen molar-refractivity contribution in [2.75, 3.05) is 45.2 Å². The molecule has 7 nitrogen and oxygen atoms in total. The Morgan fingerprint density at radius 1 is 1.16 bits per heavy atom. The molecular weight excluding hydrogens is 438 g/mol. The third-order valence-electron chi connectivity index (χ3n) is 5.46. The fraction of sp³-hybridized carbons (Fsp3) is 0.409. The highest BCUT2D eigenvalue weighted by Gasteiger charge is 2.31. The van der Waals surface area contributed by atoms with E-state index in [-0.39, 0.29) is 12.5 Å². The van der Waals surface area contributed by atoms with Crippen LogP contribution in [0.25, 0.3) is 0 Å². The zero-order chi connectivity index (χ0) is 22.6. The van der Waals surface area contributed by atoms with E-state index in [9.17, 15) is 13.2 Å². The number of nitrogens with zero attached hydrogens (tertiary/aromatic N) is 1. The predicted molar refractivity (Wildman–Crippen MR) is 121 cm³/mol. The summed E-state index contributed by atoms with van der Waals surface area (Å²) in [6.45, 7) is 6.31. The molecule has 0 unspecified atom stereocenters. The number of hydrogen-bond acceptors (Lipinski definition) is 4. The molecule has 9 heteroatoms. The van der Waals surface area contributed by atoms with Crippen molar-refractivity contribution in [2.45, 2.75) is 24.7 Å². The van der Waals surface area contributed by atoms with Gasteiger partial charge in [-0.05, 0) is 41.8 Å². The Hall–Kier alpha value is -2.13. The van der Waals surface area contributed by atoms with Crippen molar-refractivity contribution in [3.63, 3.8) is 0 Å². The molecule has 31 heavy (non-hydrogen) atoms.